The Balaban J connectivity index is 1.94. The Morgan fingerprint density at radius 2 is 2.14 bits per heavy atom. The Kier molecular flexibility index (Phi) is 5.55. The maximum Gasteiger partial charge on any atom is 0.334 e. The second-order valence-corrected chi connectivity index (χ2v) is 4.82. The third-order valence-corrected chi connectivity index (χ3v) is 3.26. The normalized spacial score (nSPS) is 18.4. The topological polar surface area (TPSA) is 76.1 Å². The van der Waals surface area contributed by atoms with Gasteiger partial charge in [0.1, 0.15) is 5.75 Å². The third kappa shape index (κ3) is 4.33. The second-order valence-electron chi connectivity index (χ2n) is 4.82. The van der Waals surface area contributed by atoms with Gasteiger partial charge in [0.25, 0.3) is 0 Å². The number of nitrogens with zero attached hydrogens (tertiary/aromatic N) is 1. The number of carbonyl (C=O) groups is 2. The number of rotatable bonds is 5. The number of aliphatic carboxylic acids is 1. The molecule has 1 aliphatic heterocycles. The number of carboxylic acids is 1. The van der Waals surface area contributed by atoms with E-state index in [-0.39, 0.29) is 19.1 Å². The number of morpholine rings is 1. The fourth-order valence-corrected chi connectivity index (χ4v) is 2.11. The second kappa shape index (κ2) is 7.61. The van der Waals surface area contributed by atoms with Crippen molar-refractivity contribution in [3.63, 3.8) is 0 Å². The average Bonchev–Trinajstić information content (AvgIpc) is 2.54. The molecule has 0 bridgehead atoms. The van der Waals surface area contributed by atoms with Crippen LogP contribution < -0.4 is 4.74 Å². The van der Waals surface area contributed by atoms with Crippen LogP contribution in [-0.2, 0) is 14.3 Å². The van der Waals surface area contributed by atoms with E-state index in [1.807, 2.05) is 31.2 Å². The van der Waals surface area contributed by atoms with Gasteiger partial charge in [0.15, 0.2) is 6.10 Å². The largest absolute Gasteiger partial charge is 0.494 e. The van der Waals surface area contributed by atoms with E-state index in [0.29, 0.717) is 13.2 Å². The number of carbonyl (C=O) groups excluding carboxylic acids is 1. The van der Waals surface area contributed by atoms with Crippen molar-refractivity contribution in [3.8, 4) is 5.75 Å². The molecule has 6 nitrogen and oxygen atoms in total. The van der Waals surface area contributed by atoms with E-state index < -0.39 is 12.1 Å². The smallest absolute Gasteiger partial charge is 0.334 e. The third-order valence-electron chi connectivity index (χ3n) is 3.26. The van der Waals surface area contributed by atoms with Gasteiger partial charge in [-0.1, -0.05) is 12.1 Å². The highest BCUT2D eigenvalue weighted by Crippen LogP contribution is 2.13. The molecule has 2 rings (SSSR count). The van der Waals surface area contributed by atoms with E-state index in [0.717, 1.165) is 11.3 Å². The van der Waals surface area contributed by atoms with E-state index in [1.165, 1.54) is 11.0 Å². The number of hydrogen-bond acceptors (Lipinski definition) is 4. The Labute approximate surface area is 128 Å². The molecule has 1 heterocycles. The lowest BCUT2D eigenvalue weighted by atomic mass is 10.2. The van der Waals surface area contributed by atoms with Crippen molar-refractivity contribution in [2.24, 2.45) is 0 Å². The van der Waals surface area contributed by atoms with Crippen molar-refractivity contribution in [2.45, 2.75) is 13.0 Å². The zero-order valence-electron chi connectivity index (χ0n) is 12.4. The fourth-order valence-electron chi connectivity index (χ4n) is 2.11. The quantitative estimate of drug-likeness (QED) is 0.832. The van der Waals surface area contributed by atoms with Gasteiger partial charge < -0.3 is 19.5 Å². The summed E-state index contributed by atoms with van der Waals surface area (Å²) in [6.07, 6.45) is 2.19. The molecular weight excluding hydrogens is 286 g/mol. The molecule has 1 aromatic rings. The van der Waals surface area contributed by atoms with E-state index in [9.17, 15) is 9.59 Å². The molecule has 1 aliphatic rings. The van der Waals surface area contributed by atoms with Crippen molar-refractivity contribution in [1.82, 2.24) is 4.90 Å². The van der Waals surface area contributed by atoms with E-state index >= 15 is 0 Å². The highest BCUT2D eigenvalue weighted by Gasteiger charge is 2.27. The predicted molar refractivity (Wildman–Crippen MR) is 80.6 cm³/mol. The fraction of sp³-hybridized carbons (Fsp3) is 0.375. The van der Waals surface area contributed by atoms with Crippen LogP contribution in [0.25, 0.3) is 6.08 Å². The highest BCUT2D eigenvalue weighted by molar-refractivity contribution is 5.92. The van der Waals surface area contributed by atoms with Gasteiger partial charge in [-0.3, -0.25) is 4.79 Å². The first-order valence-electron chi connectivity index (χ1n) is 7.14. The number of amides is 1. The number of benzene rings is 1. The van der Waals surface area contributed by atoms with E-state index in [4.69, 9.17) is 14.6 Å². The lowest BCUT2D eigenvalue weighted by molar-refractivity contribution is -0.158. The van der Waals surface area contributed by atoms with Gasteiger partial charge in [-0.2, -0.15) is 0 Å². The molecule has 1 aromatic carbocycles. The van der Waals surface area contributed by atoms with E-state index in [2.05, 4.69) is 0 Å². The molecule has 0 aliphatic carbocycles. The zero-order chi connectivity index (χ0) is 15.9. The molecule has 1 fully saturated rings. The zero-order valence-corrected chi connectivity index (χ0v) is 12.4. The Morgan fingerprint density at radius 1 is 1.41 bits per heavy atom. The van der Waals surface area contributed by atoms with Crippen molar-refractivity contribution in [3.05, 3.63) is 35.9 Å². The van der Waals surface area contributed by atoms with Crippen LogP contribution in [0, 0.1) is 0 Å². The molecule has 22 heavy (non-hydrogen) atoms. The first kappa shape index (κ1) is 16.0. The van der Waals surface area contributed by atoms with Crippen LogP contribution in [0.15, 0.2) is 30.3 Å². The molecule has 1 N–H and O–H groups in total. The van der Waals surface area contributed by atoms with Crippen LogP contribution in [0.4, 0.5) is 0 Å². The molecule has 1 unspecified atom stereocenters. The van der Waals surface area contributed by atoms with Crippen LogP contribution in [0.3, 0.4) is 0 Å². The number of carboxylic acid groups (broad SMARTS) is 1. The standard InChI is InChI=1S/C16H19NO5/c1-2-21-13-6-3-12(4-7-13)5-8-15(18)17-9-10-22-14(11-17)16(19)20/h3-8,14H,2,9-11H2,1H3,(H,19,20). The van der Waals surface area contributed by atoms with Gasteiger partial charge in [-0.25, -0.2) is 4.79 Å². The Bertz CT molecular complexity index is 552. The lowest BCUT2D eigenvalue weighted by Crippen LogP contribution is -2.48. The molecular formula is C16H19NO5. The minimum absolute atomic E-state index is 0.0712. The van der Waals surface area contributed by atoms with Gasteiger partial charge in [0.2, 0.25) is 5.91 Å². The molecule has 6 heteroatoms. The summed E-state index contributed by atoms with van der Waals surface area (Å²) in [7, 11) is 0. The Hall–Kier alpha value is -2.34. The highest BCUT2D eigenvalue weighted by atomic mass is 16.5. The minimum atomic E-state index is -1.05. The summed E-state index contributed by atoms with van der Waals surface area (Å²) >= 11 is 0. The SMILES string of the molecule is CCOc1ccc(C=CC(=O)N2CCOC(C(=O)O)C2)cc1. The van der Waals surface area contributed by atoms with Gasteiger partial charge in [0, 0.05) is 12.6 Å². The van der Waals surface area contributed by atoms with Crippen LogP contribution in [0.2, 0.25) is 0 Å². The first-order valence-corrected chi connectivity index (χ1v) is 7.14. The summed E-state index contributed by atoms with van der Waals surface area (Å²) in [5, 5.41) is 8.92. The molecule has 1 saturated heterocycles. The maximum atomic E-state index is 12.1. The Morgan fingerprint density at radius 3 is 2.77 bits per heavy atom. The summed E-state index contributed by atoms with van der Waals surface area (Å²) in [5.74, 6) is -0.486. The van der Waals surface area contributed by atoms with E-state index in [1.54, 1.807) is 6.08 Å². The van der Waals surface area contributed by atoms with Crippen molar-refractivity contribution >= 4 is 18.0 Å². The molecule has 0 radical (unpaired) electrons. The molecule has 0 saturated carbocycles. The van der Waals surface area contributed by atoms with Gasteiger partial charge in [-0.15, -0.1) is 0 Å². The summed E-state index contributed by atoms with van der Waals surface area (Å²) < 4.78 is 10.4. The average molecular weight is 305 g/mol. The summed E-state index contributed by atoms with van der Waals surface area (Å²) in [5.41, 5.74) is 0.875. The number of ether oxygens (including phenoxy) is 2. The van der Waals surface area contributed by atoms with Crippen molar-refractivity contribution in [1.29, 1.82) is 0 Å². The van der Waals surface area contributed by atoms with Gasteiger partial charge in [0.05, 0.1) is 19.8 Å². The maximum absolute atomic E-state index is 12.1. The molecule has 0 aromatic heterocycles. The minimum Gasteiger partial charge on any atom is -0.494 e. The molecule has 1 amide bonds. The molecule has 0 spiro atoms. The van der Waals surface area contributed by atoms with Crippen LogP contribution in [-0.4, -0.2) is 54.3 Å². The summed E-state index contributed by atoms with van der Waals surface area (Å²) in [4.78, 5) is 24.4. The van der Waals surface area contributed by atoms with Gasteiger partial charge in [-0.05, 0) is 30.7 Å². The molecule has 118 valence electrons. The summed E-state index contributed by atoms with van der Waals surface area (Å²) in [6, 6.07) is 7.38. The monoisotopic (exact) mass is 305 g/mol. The van der Waals surface area contributed by atoms with Crippen LogP contribution in [0.5, 0.6) is 5.75 Å². The van der Waals surface area contributed by atoms with Crippen molar-refractivity contribution < 1.29 is 24.2 Å². The van der Waals surface area contributed by atoms with Crippen LogP contribution in [0.1, 0.15) is 12.5 Å². The first-order chi connectivity index (χ1) is 10.6. The van der Waals surface area contributed by atoms with Crippen LogP contribution >= 0.6 is 0 Å². The predicted octanol–water partition coefficient (Wildman–Crippen LogP) is 1.41. The summed E-state index contributed by atoms with van der Waals surface area (Å²) in [6.45, 7) is 3.23. The lowest BCUT2D eigenvalue weighted by Gasteiger charge is -2.30. The molecule has 1 atom stereocenters. The van der Waals surface area contributed by atoms with Gasteiger partial charge >= 0.3 is 5.97 Å². The van der Waals surface area contributed by atoms with Crippen molar-refractivity contribution in [2.75, 3.05) is 26.3 Å². The number of hydrogen-bond donors (Lipinski definition) is 1.